The van der Waals surface area contributed by atoms with Crippen molar-refractivity contribution in [1.82, 2.24) is 9.78 Å². The molecule has 2 heterocycles. The van der Waals surface area contributed by atoms with Crippen LogP contribution in [0, 0.1) is 0 Å². The number of carboxylic acids is 1. The van der Waals surface area contributed by atoms with Gasteiger partial charge < -0.3 is 10.4 Å². The first-order chi connectivity index (χ1) is 14.6. The Balaban J connectivity index is 1.88. The summed E-state index contributed by atoms with van der Waals surface area (Å²) in [6.45, 7) is 4.66. The molecular formula is C22H20N4O5. The molecule has 31 heavy (non-hydrogen) atoms. The maximum Gasteiger partial charge on any atom is 0.357 e. The molecule has 0 spiro atoms. The third-order valence-electron chi connectivity index (χ3n) is 5.48. The van der Waals surface area contributed by atoms with Crippen molar-refractivity contribution in [3.05, 3.63) is 64.6 Å². The van der Waals surface area contributed by atoms with Gasteiger partial charge in [0.25, 0.3) is 11.5 Å². The Morgan fingerprint density at radius 1 is 1.03 bits per heavy atom. The van der Waals surface area contributed by atoms with E-state index in [1.54, 1.807) is 50.2 Å². The summed E-state index contributed by atoms with van der Waals surface area (Å²) in [5.41, 5.74) is -1.20. The lowest BCUT2D eigenvalue weighted by atomic mass is 9.95. The van der Waals surface area contributed by atoms with Crippen LogP contribution >= 0.6 is 0 Å². The lowest BCUT2D eigenvalue weighted by Gasteiger charge is -2.43. The molecule has 2 aromatic carbocycles. The van der Waals surface area contributed by atoms with Crippen molar-refractivity contribution in [3.8, 4) is 0 Å². The highest BCUT2D eigenvalue weighted by molar-refractivity contribution is 6.14. The smallest absolute Gasteiger partial charge is 0.357 e. The number of aromatic carboxylic acids is 1. The minimum Gasteiger partial charge on any atom is -0.476 e. The van der Waals surface area contributed by atoms with Crippen LogP contribution < -0.4 is 15.8 Å². The summed E-state index contributed by atoms with van der Waals surface area (Å²) < 4.78 is 0.874. The van der Waals surface area contributed by atoms with Crippen LogP contribution in [0.3, 0.4) is 0 Å². The second kappa shape index (κ2) is 7.05. The average molecular weight is 420 g/mol. The number of hydrogen-bond acceptors (Lipinski definition) is 5. The Hall–Kier alpha value is -4.01. The summed E-state index contributed by atoms with van der Waals surface area (Å²) in [6.07, 6.45) is 0. The second-order valence-corrected chi connectivity index (χ2v) is 7.83. The van der Waals surface area contributed by atoms with Gasteiger partial charge in [-0.25, -0.2) is 9.48 Å². The minimum atomic E-state index is -1.31. The SMILES string of the molecule is C[C@@H](C(=O)N1c2ccccc2NC(=O)C1(C)C)n1nc(C(=O)O)c2ccccc2c1=O. The highest BCUT2D eigenvalue weighted by atomic mass is 16.4. The monoisotopic (exact) mass is 420 g/mol. The van der Waals surface area contributed by atoms with Crippen LogP contribution in [0.5, 0.6) is 0 Å². The molecule has 2 N–H and O–H groups in total. The van der Waals surface area contributed by atoms with E-state index >= 15 is 0 Å². The summed E-state index contributed by atoms with van der Waals surface area (Å²) in [5.74, 6) is -2.25. The van der Waals surface area contributed by atoms with Crippen molar-refractivity contribution in [1.29, 1.82) is 0 Å². The van der Waals surface area contributed by atoms with Crippen LogP contribution in [0.2, 0.25) is 0 Å². The third kappa shape index (κ3) is 3.05. The van der Waals surface area contributed by atoms with E-state index in [1.807, 2.05) is 0 Å². The van der Waals surface area contributed by atoms with Crippen LogP contribution in [0.1, 0.15) is 37.3 Å². The number of carbonyl (C=O) groups is 3. The molecule has 0 saturated carbocycles. The maximum absolute atomic E-state index is 13.6. The number of carbonyl (C=O) groups excluding carboxylic acids is 2. The summed E-state index contributed by atoms with van der Waals surface area (Å²) in [4.78, 5) is 52.4. The van der Waals surface area contributed by atoms with Gasteiger partial charge >= 0.3 is 5.97 Å². The Bertz CT molecular complexity index is 1310. The fourth-order valence-electron chi connectivity index (χ4n) is 3.76. The van der Waals surface area contributed by atoms with Crippen molar-refractivity contribution in [3.63, 3.8) is 0 Å². The normalized spacial score (nSPS) is 15.8. The number of nitrogens with one attached hydrogen (secondary N) is 1. The molecule has 0 aliphatic carbocycles. The third-order valence-corrected chi connectivity index (χ3v) is 5.48. The van der Waals surface area contributed by atoms with E-state index < -0.39 is 29.0 Å². The van der Waals surface area contributed by atoms with E-state index in [4.69, 9.17) is 0 Å². The van der Waals surface area contributed by atoms with Crippen LogP contribution in [0.25, 0.3) is 10.8 Å². The molecule has 0 saturated heterocycles. The zero-order chi connectivity index (χ0) is 22.5. The molecular weight excluding hydrogens is 400 g/mol. The molecule has 3 aromatic rings. The molecule has 0 bridgehead atoms. The summed E-state index contributed by atoms with van der Waals surface area (Å²) >= 11 is 0. The molecule has 0 fully saturated rings. The Labute approximate surface area is 176 Å². The number of carboxylic acid groups (broad SMARTS) is 1. The number of hydrogen-bond donors (Lipinski definition) is 2. The number of fused-ring (bicyclic) bond motifs is 2. The quantitative estimate of drug-likeness (QED) is 0.671. The molecule has 158 valence electrons. The van der Waals surface area contributed by atoms with Crippen molar-refractivity contribution >= 4 is 39.9 Å². The number of aromatic nitrogens is 2. The van der Waals surface area contributed by atoms with Gasteiger partial charge in [-0.1, -0.05) is 30.3 Å². The lowest BCUT2D eigenvalue weighted by molar-refractivity contribution is -0.128. The zero-order valence-electron chi connectivity index (χ0n) is 17.1. The lowest BCUT2D eigenvalue weighted by Crippen LogP contribution is -2.60. The fourth-order valence-corrected chi connectivity index (χ4v) is 3.76. The summed E-state index contributed by atoms with van der Waals surface area (Å²) in [6, 6.07) is 11.9. The standard InChI is InChI=1S/C22H20N4O5/c1-12(26-19(28)14-9-5-4-8-13(14)17(24-26)20(29)30)18(27)25-16-11-7-6-10-15(16)23-21(31)22(25,2)3/h4-12H,1-3H3,(H,23,31)(H,29,30)/t12-/m0/s1. The molecule has 4 rings (SSSR count). The summed E-state index contributed by atoms with van der Waals surface area (Å²) in [7, 11) is 0. The molecule has 0 unspecified atom stereocenters. The van der Waals surface area contributed by atoms with Crippen LogP contribution in [0.15, 0.2) is 53.3 Å². The highest BCUT2D eigenvalue weighted by Crippen LogP contribution is 2.38. The Kier molecular flexibility index (Phi) is 4.61. The van der Waals surface area contributed by atoms with Gasteiger partial charge in [-0.05, 0) is 39.0 Å². The van der Waals surface area contributed by atoms with Gasteiger partial charge in [0, 0.05) is 5.39 Å². The average Bonchev–Trinajstić information content (AvgIpc) is 2.74. The molecule has 1 aromatic heterocycles. The molecule has 0 radical (unpaired) electrons. The van der Waals surface area contributed by atoms with Crippen molar-refractivity contribution in [2.45, 2.75) is 32.4 Å². The van der Waals surface area contributed by atoms with E-state index in [-0.39, 0.29) is 22.4 Å². The Morgan fingerprint density at radius 3 is 2.32 bits per heavy atom. The van der Waals surface area contributed by atoms with Crippen LogP contribution in [-0.2, 0) is 9.59 Å². The van der Waals surface area contributed by atoms with E-state index in [9.17, 15) is 24.3 Å². The predicted octanol–water partition coefficient (Wildman–Crippen LogP) is 2.42. The fraction of sp³-hybridized carbons (Fsp3) is 0.227. The van der Waals surface area contributed by atoms with Gasteiger partial charge in [-0.15, -0.1) is 0 Å². The second-order valence-electron chi connectivity index (χ2n) is 7.83. The number of benzene rings is 2. The number of rotatable bonds is 3. The van der Waals surface area contributed by atoms with Crippen molar-refractivity contribution < 1.29 is 19.5 Å². The van der Waals surface area contributed by atoms with Gasteiger partial charge in [0.1, 0.15) is 11.6 Å². The topological polar surface area (TPSA) is 122 Å². The van der Waals surface area contributed by atoms with Gasteiger partial charge in [0.05, 0.1) is 16.8 Å². The van der Waals surface area contributed by atoms with E-state index in [1.165, 1.54) is 24.0 Å². The zero-order valence-corrected chi connectivity index (χ0v) is 17.1. The first kappa shape index (κ1) is 20.3. The molecule has 1 aliphatic rings. The number of anilines is 2. The van der Waals surface area contributed by atoms with E-state index in [0.29, 0.717) is 11.4 Å². The molecule has 1 atom stereocenters. The molecule has 9 nitrogen and oxygen atoms in total. The number of para-hydroxylation sites is 2. The number of nitrogens with zero attached hydrogens (tertiary/aromatic N) is 3. The van der Waals surface area contributed by atoms with E-state index in [0.717, 1.165) is 4.68 Å². The van der Waals surface area contributed by atoms with Crippen LogP contribution in [-0.4, -0.2) is 38.2 Å². The van der Waals surface area contributed by atoms with Crippen molar-refractivity contribution in [2.75, 3.05) is 10.2 Å². The number of amides is 2. The van der Waals surface area contributed by atoms with Crippen molar-refractivity contribution in [2.24, 2.45) is 0 Å². The summed E-state index contributed by atoms with van der Waals surface area (Å²) in [5, 5.41) is 16.7. The van der Waals surface area contributed by atoms with Gasteiger partial charge in [0.2, 0.25) is 5.91 Å². The van der Waals surface area contributed by atoms with Gasteiger partial charge in [-0.3, -0.25) is 19.3 Å². The van der Waals surface area contributed by atoms with Gasteiger partial charge in [0.15, 0.2) is 5.69 Å². The highest BCUT2D eigenvalue weighted by Gasteiger charge is 2.45. The molecule has 9 heteroatoms. The van der Waals surface area contributed by atoms with E-state index in [2.05, 4.69) is 10.4 Å². The maximum atomic E-state index is 13.6. The minimum absolute atomic E-state index is 0.144. The van der Waals surface area contributed by atoms with Crippen LogP contribution in [0.4, 0.5) is 11.4 Å². The first-order valence-electron chi connectivity index (χ1n) is 9.64. The Morgan fingerprint density at radius 2 is 1.65 bits per heavy atom. The molecule has 2 amide bonds. The first-order valence-corrected chi connectivity index (χ1v) is 9.64. The molecule has 1 aliphatic heterocycles. The largest absolute Gasteiger partial charge is 0.476 e. The van der Waals surface area contributed by atoms with Gasteiger partial charge in [-0.2, -0.15) is 5.10 Å². The predicted molar refractivity (Wildman–Crippen MR) is 114 cm³/mol.